The Labute approximate surface area is 163 Å². The Hall–Kier alpha value is -2.19. The second-order valence-electron chi connectivity index (χ2n) is 6.96. The molecular weight excluding hydrogens is 375 g/mol. The molecule has 3 amide bonds. The molecule has 1 aromatic carbocycles. The second-order valence-corrected chi connectivity index (χ2v) is 6.96. The molecule has 0 aliphatic heterocycles. The van der Waals surface area contributed by atoms with Crippen LogP contribution in [0.1, 0.15) is 49.4 Å². The van der Waals surface area contributed by atoms with Gasteiger partial charge in [0.25, 0.3) is 5.91 Å². The molecule has 9 heteroatoms. The molecule has 1 aliphatic rings. The highest BCUT2D eigenvalue weighted by Crippen LogP contribution is 2.32. The molecule has 150 valence electrons. The van der Waals surface area contributed by atoms with Crippen LogP contribution in [0.5, 0.6) is 0 Å². The van der Waals surface area contributed by atoms with Gasteiger partial charge in [0.1, 0.15) is 5.82 Å². The van der Waals surface area contributed by atoms with Crippen LogP contribution < -0.4 is 22.1 Å². The van der Waals surface area contributed by atoms with Gasteiger partial charge in [0.15, 0.2) is 0 Å². The van der Waals surface area contributed by atoms with Crippen molar-refractivity contribution < 1.29 is 18.8 Å². The van der Waals surface area contributed by atoms with Gasteiger partial charge < -0.3 is 22.1 Å². The second kappa shape index (κ2) is 9.66. The van der Waals surface area contributed by atoms with Crippen molar-refractivity contribution in [2.45, 2.75) is 44.6 Å². The molecule has 7 nitrogen and oxygen atoms in total. The monoisotopic (exact) mass is 400 g/mol. The third-order valence-electron chi connectivity index (χ3n) is 4.71. The van der Waals surface area contributed by atoms with Crippen molar-refractivity contribution in [1.82, 2.24) is 5.32 Å². The lowest BCUT2D eigenvalue weighted by Crippen LogP contribution is -2.51. The average molecular weight is 401 g/mol. The number of carbonyl (C=O) groups excluding carboxylic acids is 3. The van der Waals surface area contributed by atoms with E-state index >= 15 is 0 Å². The maximum Gasteiger partial charge on any atom is 0.251 e. The average Bonchev–Trinajstić information content (AvgIpc) is 2.55. The van der Waals surface area contributed by atoms with Crippen molar-refractivity contribution in [3.8, 4) is 0 Å². The molecule has 0 radical (unpaired) electrons. The third kappa shape index (κ3) is 6.18. The number of primary amides is 1. The van der Waals surface area contributed by atoms with E-state index in [-0.39, 0.29) is 42.5 Å². The minimum atomic E-state index is -0.637. The van der Waals surface area contributed by atoms with Gasteiger partial charge in [-0.05, 0) is 38.0 Å². The summed E-state index contributed by atoms with van der Waals surface area (Å²) < 4.78 is 14.1. The van der Waals surface area contributed by atoms with Gasteiger partial charge in [0.05, 0.1) is 11.6 Å². The molecule has 0 saturated heterocycles. The van der Waals surface area contributed by atoms with Crippen molar-refractivity contribution in [1.29, 1.82) is 0 Å². The van der Waals surface area contributed by atoms with Crippen LogP contribution in [0, 0.1) is 11.7 Å². The van der Waals surface area contributed by atoms with Crippen LogP contribution in [0.3, 0.4) is 0 Å². The summed E-state index contributed by atoms with van der Waals surface area (Å²) in [7, 11) is 0. The molecule has 0 spiro atoms. The number of hydrogen-bond acceptors (Lipinski definition) is 4. The van der Waals surface area contributed by atoms with Crippen molar-refractivity contribution in [2.24, 2.45) is 17.4 Å². The molecule has 1 saturated carbocycles. The van der Waals surface area contributed by atoms with Crippen LogP contribution >= 0.6 is 12.4 Å². The van der Waals surface area contributed by atoms with Crippen LogP contribution in [0.4, 0.5) is 10.1 Å². The van der Waals surface area contributed by atoms with Gasteiger partial charge in [-0.1, -0.05) is 12.8 Å². The summed E-state index contributed by atoms with van der Waals surface area (Å²) in [4.78, 5) is 35.3. The van der Waals surface area contributed by atoms with Gasteiger partial charge in [-0.3, -0.25) is 14.4 Å². The number of halogens is 2. The Bertz CT molecular complexity index is 712. The first kappa shape index (κ1) is 22.9. The van der Waals surface area contributed by atoms with E-state index in [2.05, 4.69) is 10.6 Å². The Balaban J connectivity index is 0.00000364. The maximum absolute atomic E-state index is 14.1. The predicted molar refractivity (Wildman–Crippen MR) is 103 cm³/mol. The lowest BCUT2D eigenvalue weighted by Gasteiger charge is -2.37. The van der Waals surface area contributed by atoms with E-state index in [4.69, 9.17) is 11.5 Å². The Morgan fingerprint density at radius 1 is 1.30 bits per heavy atom. The van der Waals surface area contributed by atoms with E-state index in [0.717, 1.165) is 25.3 Å². The Kier molecular flexibility index (Phi) is 8.18. The van der Waals surface area contributed by atoms with E-state index in [9.17, 15) is 18.8 Å². The molecule has 0 heterocycles. The first-order valence-corrected chi connectivity index (χ1v) is 8.66. The van der Waals surface area contributed by atoms with Crippen LogP contribution in [0.2, 0.25) is 0 Å². The highest BCUT2D eigenvalue weighted by molar-refractivity contribution is 5.98. The van der Waals surface area contributed by atoms with Gasteiger partial charge in [-0.15, -0.1) is 12.4 Å². The Morgan fingerprint density at radius 2 is 2.00 bits per heavy atom. The molecule has 0 aromatic heterocycles. The van der Waals surface area contributed by atoms with Gasteiger partial charge in [0.2, 0.25) is 11.8 Å². The number of carbonyl (C=O) groups is 3. The highest BCUT2D eigenvalue weighted by Gasteiger charge is 2.38. The van der Waals surface area contributed by atoms with Crippen molar-refractivity contribution in [3.63, 3.8) is 0 Å². The Morgan fingerprint density at radius 3 is 2.63 bits per heavy atom. The molecule has 27 heavy (non-hydrogen) atoms. The number of anilines is 1. The van der Waals surface area contributed by atoms with Crippen LogP contribution in [0.25, 0.3) is 0 Å². The van der Waals surface area contributed by atoms with Crippen molar-refractivity contribution >= 4 is 35.8 Å². The quantitative estimate of drug-likeness (QED) is 0.579. The van der Waals surface area contributed by atoms with E-state index in [0.29, 0.717) is 6.42 Å². The molecule has 2 atom stereocenters. The summed E-state index contributed by atoms with van der Waals surface area (Å²) >= 11 is 0. The lowest BCUT2D eigenvalue weighted by molar-refractivity contribution is -0.123. The number of hydrogen-bond donors (Lipinski definition) is 4. The molecule has 1 aliphatic carbocycles. The minimum absolute atomic E-state index is 0. The summed E-state index contributed by atoms with van der Waals surface area (Å²) in [5, 5.41) is 5.07. The SMILES string of the molecule is CC1(N)CCCCC1C(=O)Nc1cc(C(=O)NCCC(N)=O)ccc1F.Cl. The molecular formula is C18H26ClFN4O3. The van der Waals surface area contributed by atoms with E-state index < -0.39 is 29.1 Å². The zero-order valence-electron chi connectivity index (χ0n) is 15.2. The number of benzene rings is 1. The minimum Gasteiger partial charge on any atom is -0.370 e. The van der Waals surface area contributed by atoms with Gasteiger partial charge >= 0.3 is 0 Å². The van der Waals surface area contributed by atoms with Crippen molar-refractivity contribution in [3.05, 3.63) is 29.6 Å². The van der Waals surface area contributed by atoms with Crippen LogP contribution in [0.15, 0.2) is 18.2 Å². The molecule has 1 fully saturated rings. The van der Waals surface area contributed by atoms with Gasteiger partial charge in [-0.2, -0.15) is 0 Å². The molecule has 6 N–H and O–H groups in total. The summed E-state index contributed by atoms with van der Waals surface area (Å²) in [5.41, 5.74) is 10.7. The summed E-state index contributed by atoms with van der Waals surface area (Å²) in [6, 6.07) is 3.68. The van der Waals surface area contributed by atoms with Crippen LogP contribution in [-0.4, -0.2) is 29.8 Å². The van der Waals surface area contributed by atoms with Crippen LogP contribution in [-0.2, 0) is 9.59 Å². The largest absolute Gasteiger partial charge is 0.370 e. The fraction of sp³-hybridized carbons (Fsp3) is 0.500. The first-order valence-electron chi connectivity index (χ1n) is 8.66. The number of amides is 3. The van der Waals surface area contributed by atoms with E-state index in [1.807, 2.05) is 6.92 Å². The van der Waals surface area contributed by atoms with Gasteiger partial charge in [-0.25, -0.2) is 4.39 Å². The zero-order valence-corrected chi connectivity index (χ0v) is 16.0. The number of rotatable bonds is 6. The summed E-state index contributed by atoms with van der Waals surface area (Å²) in [6.45, 7) is 1.91. The highest BCUT2D eigenvalue weighted by atomic mass is 35.5. The normalized spacial score (nSPS) is 21.7. The first-order chi connectivity index (χ1) is 12.2. The standard InChI is InChI=1S/C18H25FN4O3.ClH/c1-18(21)8-3-2-4-12(18)17(26)23-14-10-11(5-6-13(14)19)16(25)22-9-7-15(20)24;/h5-6,10,12H,2-4,7-9,21H2,1H3,(H2,20,24)(H,22,25)(H,23,26);1H. The van der Waals surface area contributed by atoms with E-state index in [1.54, 1.807) is 0 Å². The fourth-order valence-electron chi connectivity index (χ4n) is 3.17. The third-order valence-corrected chi connectivity index (χ3v) is 4.71. The maximum atomic E-state index is 14.1. The number of nitrogens with one attached hydrogen (secondary N) is 2. The molecule has 1 aromatic rings. The van der Waals surface area contributed by atoms with Gasteiger partial charge in [0, 0.05) is 24.1 Å². The predicted octanol–water partition coefficient (Wildman–Crippen LogP) is 1.70. The smallest absolute Gasteiger partial charge is 0.251 e. The zero-order chi connectivity index (χ0) is 19.3. The summed E-state index contributed by atoms with van der Waals surface area (Å²) in [6.07, 6.45) is 3.25. The molecule has 2 rings (SSSR count). The van der Waals surface area contributed by atoms with E-state index in [1.165, 1.54) is 12.1 Å². The fourth-order valence-corrected chi connectivity index (χ4v) is 3.17. The lowest BCUT2D eigenvalue weighted by atomic mass is 9.74. The number of nitrogens with two attached hydrogens (primary N) is 2. The molecule has 0 bridgehead atoms. The topological polar surface area (TPSA) is 127 Å². The summed E-state index contributed by atoms with van der Waals surface area (Å²) in [5.74, 6) is -2.41. The molecule has 2 unspecified atom stereocenters. The van der Waals surface area contributed by atoms with Crippen molar-refractivity contribution in [2.75, 3.05) is 11.9 Å².